The summed E-state index contributed by atoms with van der Waals surface area (Å²) in [5.41, 5.74) is 0. The summed E-state index contributed by atoms with van der Waals surface area (Å²) >= 11 is 3.71. The molecule has 0 saturated carbocycles. The van der Waals surface area contributed by atoms with E-state index < -0.39 is 0 Å². The van der Waals surface area contributed by atoms with Crippen LogP contribution >= 0.6 is 23.9 Å². The SMILES string of the molecule is CSN1CCN(SC)CC1. The van der Waals surface area contributed by atoms with Crippen LogP contribution in [0.15, 0.2) is 0 Å². The minimum atomic E-state index is 1.21. The van der Waals surface area contributed by atoms with Gasteiger partial charge in [-0.1, -0.05) is 23.9 Å². The Bertz CT molecular complexity index is 79.7. The number of nitrogens with zero attached hydrogens (tertiary/aromatic N) is 2. The maximum atomic E-state index is 2.41. The van der Waals surface area contributed by atoms with Crippen LogP contribution < -0.4 is 0 Å². The summed E-state index contributed by atoms with van der Waals surface area (Å²) in [6, 6.07) is 0. The van der Waals surface area contributed by atoms with Gasteiger partial charge in [-0.2, -0.15) is 0 Å². The predicted octanol–water partition coefficient (Wildman–Crippen LogP) is 1.16. The molecule has 60 valence electrons. The van der Waals surface area contributed by atoms with E-state index in [4.69, 9.17) is 0 Å². The van der Waals surface area contributed by atoms with Crippen LogP contribution in [0, 0.1) is 0 Å². The molecule has 4 heteroatoms. The predicted molar refractivity (Wildman–Crippen MR) is 50.2 cm³/mol. The Hall–Kier alpha value is 0.620. The van der Waals surface area contributed by atoms with Crippen LogP contribution in [0.2, 0.25) is 0 Å². The molecule has 1 rings (SSSR count). The number of hydrogen-bond acceptors (Lipinski definition) is 4. The zero-order valence-corrected chi connectivity index (χ0v) is 8.17. The molecule has 10 heavy (non-hydrogen) atoms. The first kappa shape index (κ1) is 8.71. The highest BCUT2D eigenvalue weighted by Gasteiger charge is 2.14. The third-order valence-electron chi connectivity index (χ3n) is 1.71. The standard InChI is InChI=1S/C6H14N2S2/c1-9-7-3-5-8(10-2)6-4-7/h3-6H2,1-2H3. The topological polar surface area (TPSA) is 6.48 Å². The van der Waals surface area contributed by atoms with Crippen molar-refractivity contribution in [3.63, 3.8) is 0 Å². The van der Waals surface area contributed by atoms with E-state index in [0.29, 0.717) is 0 Å². The Balaban J connectivity index is 2.17. The van der Waals surface area contributed by atoms with Gasteiger partial charge < -0.3 is 0 Å². The summed E-state index contributed by atoms with van der Waals surface area (Å²) in [7, 11) is 0. The molecule has 1 heterocycles. The largest absolute Gasteiger partial charge is 0.248 e. The minimum absolute atomic E-state index is 1.21. The molecule has 0 aromatic rings. The maximum Gasteiger partial charge on any atom is 0.0227 e. The monoisotopic (exact) mass is 178 g/mol. The van der Waals surface area contributed by atoms with Crippen molar-refractivity contribution in [1.29, 1.82) is 0 Å². The van der Waals surface area contributed by atoms with Crippen LogP contribution in [0.4, 0.5) is 0 Å². The van der Waals surface area contributed by atoms with Gasteiger partial charge in [0, 0.05) is 26.2 Å². The van der Waals surface area contributed by atoms with E-state index in [1.807, 2.05) is 23.9 Å². The summed E-state index contributed by atoms with van der Waals surface area (Å²) in [4.78, 5) is 0. The van der Waals surface area contributed by atoms with Crippen molar-refractivity contribution in [1.82, 2.24) is 8.61 Å². The Kier molecular flexibility index (Phi) is 3.91. The summed E-state index contributed by atoms with van der Waals surface area (Å²) in [5.74, 6) is 0. The number of hydrogen-bond donors (Lipinski definition) is 0. The normalized spacial score (nSPS) is 23.4. The lowest BCUT2D eigenvalue weighted by atomic mass is 10.4. The molecule has 0 atom stereocenters. The molecule has 0 aromatic carbocycles. The van der Waals surface area contributed by atoms with E-state index in [-0.39, 0.29) is 0 Å². The minimum Gasteiger partial charge on any atom is -0.248 e. The van der Waals surface area contributed by atoms with Crippen molar-refractivity contribution in [2.24, 2.45) is 0 Å². The smallest absolute Gasteiger partial charge is 0.0227 e. The zero-order chi connectivity index (χ0) is 7.40. The van der Waals surface area contributed by atoms with Crippen LogP contribution in [-0.2, 0) is 0 Å². The first-order valence-electron chi connectivity index (χ1n) is 3.45. The molecule has 0 aliphatic carbocycles. The van der Waals surface area contributed by atoms with E-state index >= 15 is 0 Å². The van der Waals surface area contributed by atoms with Crippen LogP contribution in [0.3, 0.4) is 0 Å². The van der Waals surface area contributed by atoms with Gasteiger partial charge in [0.1, 0.15) is 0 Å². The molecule has 0 radical (unpaired) electrons. The lowest BCUT2D eigenvalue weighted by Crippen LogP contribution is -2.39. The highest BCUT2D eigenvalue weighted by Crippen LogP contribution is 2.14. The van der Waals surface area contributed by atoms with Gasteiger partial charge in [-0.25, -0.2) is 8.61 Å². The second-order valence-electron chi connectivity index (χ2n) is 2.22. The molecule has 0 aromatic heterocycles. The highest BCUT2D eigenvalue weighted by molar-refractivity contribution is 7.96. The molecule has 2 nitrogen and oxygen atoms in total. The third kappa shape index (κ3) is 2.34. The summed E-state index contributed by atoms with van der Waals surface area (Å²) in [6.07, 6.45) is 4.30. The average Bonchev–Trinajstić information content (AvgIpc) is 2.05. The van der Waals surface area contributed by atoms with Gasteiger partial charge >= 0.3 is 0 Å². The molecule has 0 bridgehead atoms. The molecule has 0 amide bonds. The van der Waals surface area contributed by atoms with E-state index in [1.165, 1.54) is 26.2 Å². The molecule has 0 unspecified atom stereocenters. The van der Waals surface area contributed by atoms with Crippen LogP contribution in [0.25, 0.3) is 0 Å². The zero-order valence-electron chi connectivity index (χ0n) is 6.54. The van der Waals surface area contributed by atoms with E-state index in [1.54, 1.807) is 0 Å². The van der Waals surface area contributed by atoms with Crippen molar-refractivity contribution in [3.8, 4) is 0 Å². The molecule has 0 N–H and O–H groups in total. The van der Waals surface area contributed by atoms with Crippen molar-refractivity contribution in [2.75, 3.05) is 38.7 Å². The lowest BCUT2D eigenvalue weighted by molar-refractivity contribution is 0.310. The molecular formula is C6H14N2S2. The van der Waals surface area contributed by atoms with Crippen molar-refractivity contribution >= 4 is 23.9 Å². The molecule has 1 aliphatic heterocycles. The molecular weight excluding hydrogens is 164 g/mol. The fraction of sp³-hybridized carbons (Fsp3) is 1.00. The van der Waals surface area contributed by atoms with E-state index in [9.17, 15) is 0 Å². The van der Waals surface area contributed by atoms with Crippen molar-refractivity contribution < 1.29 is 0 Å². The number of piperazine rings is 1. The van der Waals surface area contributed by atoms with Gasteiger partial charge in [0.2, 0.25) is 0 Å². The van der Waals surface area contributed by atoms with Gasteiger partial charge in [0.15, 0.2) is 0 Å². The summed E-state index contributed by atoms with van der Waals surface area (Å²) in [6.45, 7) is 4.84. The second-order valence-corrected chi connectivity index (χ2v) is 3.99. The van der Waals surface area contributed by atoms with Gasteiger partial charge in [-0.15, -0.1) is 0 Å². The third-order valence-corrected chi connectivity index (χ3v) is 3.48. The quantitative estimate of drug-likeness (QED) is 0.585. The number of rotatable bonds is 2. The Morgan fingerprint density at radius 3 is 1.30 bits per heavy atom. The summed E-state index contributed by atoms with van der Waals surface area (Å²) < 4.78 is 4.82. The van der Waals surface area contributed by atoms with Crippen molar-refractivity contribution in [3.05, 3.63) is 0 Å². The van der Waals surface area contributed by atoms with Crippen molar-refractivity contribution in [2.45, 2.75) is 0 Å². The Morgan fingerprint density at radius 2 is 1.10 bits per heavy atom. The molecule has 1 saturated heterocycles. The Morgan fingerprint density at radius 1 is 0.800 bits per heavy atom. The fourth-order valence-corrected chi connectivity index (χ4v) is 2.09. The summed E-state index contributed by atoms with van der Waals surface area (Å²) in [5, 5.41) is 0. The lowest BCUT2D eigenvalue weighted by Gasteiger charge is -2.31. The first-order chi connectivity index (χ1) is 4.86. The fourth-order valence-electron chi connectivity index (χ4n) is 1.03. The van der Waals surface area contributed by atoms with Crippen LogP contribution in [-0.4, -0.2) is 47.3 Å². The van der Waals surface area contributed by atoms with E-state index in [2.05, 4.69) is 21.1 Å². The van der Waals surface area contributed by atoms with Crippen LogP contribution in [0.5, 0.6) is 0 Å². The van der Waals surface area contributed by atoms with E-state index in [0.717, 1.165) is 0 Å². The average molecular weight is 178 g/mol. The highest BCUT2D eigenvalue weighted by atomic mass is 32.2. The van der Waals surface area contributed by atoms with Crippen LogP contribution in [0.1, 0.15) is 0 Å². The second kappa shape index (κ2) is 4.49. The van der Waals surface area contributed by atoms with Gasteiger partial charge in [0.05, 0.1) is 0 Å². The molecule has 1 fully saturated rings. The Labute approximate surface area is 71.6 Å². The molecule has 0 spiro atoms. The molecule has 1 aliphatic rings. The van der Waals surface area contributed by atoms with Gasteiger partial charge in [0.25, 0.3) is 0 Å². The van der Waals surface area contributed by atoms with Gasteiger partial charge in [-0.3, -0.25) is 0 Å². The maximum absolute atomic E-state index is 2.41. The first-order valence-corrected chi connectivity index (χ1v) is 5.81. The van der Waals surface area contributed by atoms with Gasteiger partial charge in [-0.05, 0) is 12.5 Å².